The summed E-state index contributed by atoms with van der Waals surface area (Å²) in [5, 5.41) is 2.73. The van der Waals surface area contributed by atoms with Crippen molar-refractivity contribution in [3.8, 4) is 0 Å². The van der Waals surface area contributed by atoms with Gasteiger partial charge in [-0.3, -0.25) is 4.79 Å². The maximum absolute atomic E-state index is 11.6. The van der Waals surface area contributed by atoms with Crippen molar-refractivity contribution >= 4 is 5.91 Å². The van der Waals surface area contributed by atoms with Crippen LogP contribution in [0.25, 0.3) is 0 Å². The minimum Gasteiger partial charge on any atom is -0.323 e. The minimum atomic E-state index is -0.170. The number of hydrogen-bond acceptors (Lipinski definition) is 2. The van der Waals surface area contributed by atoms with E-state index in [4.69, 9.17) is 0 Å². The highest BCUT2D eigenvalue weighted by Crippen LogP contribution is 2.01. The van der Waals surface area contributed by atoms with Crippen molar-refractivity contribution < 1.29 is 4.79 Å². The molecule has 0 saturated carbocycles. The summed E-state index contributed by atoms with van der Waals surface area (Å²) in [7, 11) is 3.89. The standard InChI is InChI=1S/C15H22N2O/c1-6-9-13(3)12-14(7-2)16-15(18)10-8-11-17(4)5/h6-10,12H,2-3,11H2,1,4-5H3,(H,16,18). The van der Waals surface area contributed by atoms with Crippen LogP contribution in [0.2, 0.25) is 0 Å². The third-order valence-corrected chi connectivity index (χ3v) is 1.95. The molecule has 0 atom stereocenters. The zero-order valence-corrected chi connectivity index (χ0v) is 11.4. The Morgan fingerprint density at radius 2 is 2.00 bits per heavy atom. The largest absolute Gasteiger partial charge is 0.323 e. The predicted molar refractivity (Wildman–Crippen MR) is 78.1 cm³/mol. The molecular weight excluding hydrogens is 224 g/mol. The van der Waals surface area contributed by atoms with Crippen LogP contribution < -0.4 is 5.32 Å². The van der Waals surface area contributed by atoms with Gasteiger partial charge in [-0.2, -0.15) is 0 Å². The average Bonchev–Trinajstić information content (AvgIpc) is 2.27. The van der Waals surface area contributed by atoms with Gasteiger partial charge in [0.25, 0.3) is 0 Å². The van der Waals surface area contributed by atoms with Gasteiger partial charge in [0.2, 0.25) is 5.91 Å². The second-order valence-corrected chi connectivity index (χ2v) is 4.03. The molecule has 0 bridgehead atoms. The molecule has 0 aromatic heterocycles. The molecular formula is C15H22N2O. The van der Waals surface area contributed by atoms with Gasteiger partial charge in [-0.05, 0) is 38.7 Å². The van der Waals surface area contributed by atoms with E-state index in [2.05, 4.69) is 18.5 Å². The summed E-state index contributed by atoms with van der Waals surface area (Å²) in [4.78, 5) is 13.6. The first-order valence-electron chi connectivity index (χ1n) is 5.77. The van der Waals surface area contributed by atoms with Crippen molar-refractivity contribution in [3.05, 3.63) is 60.9 Å². The van der Waals surface area contributed by atoms with Crippen LogP contribution in [0, 0.1) is 0 Å². The quantitative estimate of drug-likeness (QED) is 0.552. The molecule has 98 valence electrons. The Morgan fingerprint density at radius 1 is 1.33 bits per heavy atom. The van der Waals surface area contributed by atoms with E-state index in [0.717, 1.165) is 12.1 Å². The lowest BCUT2D eigenvalue weighted by Gasteiger charge is -2.05. The van der Waals surface area contributed by atoms with E-state index in [1.54, 1.807) is 18.2 Å². The van der Waals surface area contributed by atoms with E-state index in [-0.39, 0.29) is 5.91 Å². The van der Waals surface area contributed by atoms with Crippen LogP contribution in [0.5, 0.6) is 0 Å². The molecule has 0 aromatic carbocycles. The number of carbonyl (C=O) groups excluding carboxylic acids is 1. The maximum Gasteiger partial charge on any atom is 0.248 e. The molecule has 1 amide bonds. The highest BCUT2D eigenvalue weighted by molar-refractivity contribution is 5.89. The summed E-state index contributed by atoms with van der Waals surface area (Å²) in [6, 6.07) is 0. The Bertz CT molecular complexity index is 387. The van der Waals surface area contributed by atoms with Crippen LogP contribution in [-0.4, -0.2) is 31.4 Å². The van der Waals surface area contributed by atoms with Crippen LogP contribution >= 0.6 is 0 Å². The fourth-order valence-corrected chi connectivity index (χ4v) is 1.16. The maximum atomic E-state index is 11.6. The Morgan fingerprint density at radius 3 is 2.50 bits per heavy atom. The molecule has 3 heteroatoms. The summed E-state index contributed by atoms with van der Waals surface area (Å²) in [6.07, 6.45) is 10.4. The second kappa shape index (κ2) is 9.19. The number of nitrogens with one attached hydrogen (secondary N) is 1. The molecule has 0 spiro atoms. The predicted octanol–water partition coefficient (Wildman–Crippen LogP) is 2.42. The highest BCUT2D eigenvalue weighted by Gasteiger charge is 1.97. The first-order valence-corrected chi connectivity index (χ1v) is 5.77. The normalized spacial score (nSPS) is 12.3. The molecule has 0 rings (SSSR count). The van der Waals surface area contributed by atoms with Crippen molar-refractivity contribution in [2.24, 2.45) is 0 Å². The van der Waals surface area contributed by atoms with E-state index in [9.17, 15) is 4.79 Å². The van der Waals surface area contributed by atoms with Gasteiger partial charge in [-0.1, -0.05) is 31.4 Å². The van der Waals surface area contributed by atoms with Gasteiger partial charge in [0.05, 0.1) is 0 Å². The summed E-state index contributed by atoms with van der Waals surface area (Å²) in [5.74, 6) is -0.170. The van der Waals surface area contributed by atoms with Crippen molar-refractivity contribution in [3.63, 3.8) is 0 Å². The average molecular weight is 246 g/mol. The zero-order valence-electron chi connectivity index (χ0n) is 11.4. The third-order valence-electron chi connectivity index (χ3n) is 1.95. The van der Waals surface area contributed by atoms with E-state index in [1.807, 2.05) is 38.1 Å². The molecule has 0 unspecified atom stereocenters. The highest BCUT2D eigenvalue weighted by atomic mass is 16.1. The molecule has 1 N–H and O–H groups in total. The van der Waals surface area contributed by atoms with Crippen molar-refractivity contribution in [1.82, 2.24) is 10.2 Å². The monoisotopic (exact) mass is 246 g/mol. The molecule has 0 aromatic rings. The SMILES string of the molecule is C=CC(=CC(=C)C=CC)NC(=O)C=CCN(C)C. The Kier molecular flexibility index (Phi) is 8.24. The molecule has 0 aliphatic carbocycles. The van der Waals surface area contributed by atoms with Crippen molar-refractivity contribution in [1.29, 1.82) is 0 Å². The van der Waals surface area contributed by atoms with E-state index < -0.39 is 0 Å². The van der Waals surface area contributed by atoms with Gasteiger partial charge in [0.15, 0.2) is 0 Å². The fraction of sp³-hybridized carbons (Fsp3) is 0.267. The number of hydrogen-bond donors (Lipinski definition) is 1. The van der Waals surface area contributed by atoms with Crippen LogP contribution in [0.1, 0.15) is 6.92 Å². The van der Waals surface area contributed by atoms with Gasteiger partial charge in [0, 0.05) is 18.3 Å². The first kappa shape index (κ1) is 16.1. The molecule has 0 fully saturated rings. The molecule has 0 aliphatic heterocycles. The summed E-state index contributed by atoms with van der Waals surface area (Å²) >= 11 is 0. The van der Waals surface area contributed by atoms with E-state index in [1.165, 1.54) is 6.08 Å². The van der Waals surface area contributed by atoms with E-state index in [0.29, 0.717) is 5.70 Å². The van der Waals surface area contributed by atoms with Gasteiger partial charge in [0.1, 0.15) is 0 Å². The van der Waals surface area contributed by atoms with Crippen LogP contribution in [0.15, 0.2) is 60.9 Å². The molecule has 0 heterocycles. The zero-order chi connectivity index (χ0) is 14.0. The second-order valence-electron chi connectivity index (χ2n) is 4.03. The fourth-order valence-electron chi connectivity index (χ4n) is 1.16. The van der Waals surface area contributed by atoms with Gasteiger partial charge in [-0.15, -0.1) is 0 Å². The number of carbonyl (C=O) groups is 1. The lowest BCUT2D eigenvalue weighted by Crippen LogP contribution is -2.20. The molecule has 3 nitrogen and oxygen atoms in total. The number of nitrogens with zero attached hydrogens (tertiary/aromatic N) is 1. The Hall–Kier alpha value is -1.87. The Balaban J connectivity index is 4.46. The van der Waals surface area contributed by atoms with Gasteiger partial charge >= 0.3 is 0 Å². The van der Waals surface area contributed by atoms with E-state index >= 15 is 0 Å². The smallest absolute Gasteiger partial charge is 0.248 e. The van der Waals surface area contributed by atoms with Crippen LogP contribution in [-0.2, 0) is 4.79 Å². The summed E-state index contributed by atoms with van der Waals surface area (Å²) < 4.78 is 0. The third kappa shape index (κ3) is 8.30. The molecule has 0 radical (unpaired) electrons. The number of rotatable bonds is 7. The minimum absolute atomic E-state index is 0.170. The van der Waals surface area contributed by atoms with Crippen molar-refractivity contribution in [2.45, 2.75) is 6.92 Å². The number of likely N-dealkylation sites (N-methyl/N-ethyl adjacent to an activating group) is 1. The molecule has 0 saturated heterocycles. The van der Waals surface area contributed by atoms with Gasteiger partial charge in [-0.25, -0.2) is 0 Å². The van der Waals surface area contributed by atoms with Crippen LogP contribution in [0.4, 0.5) is 0 Å². The first-order chi connectivity index (χ1) is 8.49. The summed E-state index contributed by atoms with van der Waals surface area (Å²) in [5.41, 5.74) is 1.45. The number of allylic oxidation sites excluding steroid dienone is 5. The lowest BCUT2D eigenvalue weighted by molar-refractivity contribution is -0.115. The topological polar surface area (TPSA) is 32.3 Å². The van der Waals surface area contributed by atoms with Gasteiger partial charge < -0.3 is 10.2 Å². The van der Waals surface area contributed by atoms with Crippen molar-refractivity contribution in [2.75, 3.05) is 20.6 Å². The lowest BCUT2D eigenvalue weighted by atomic mass is 10.2. The Labute approximate surface area is 110 Å². The molecule has 0 aliphatic rings. The van der Waals surface area contributed by atoms with Crippen LogP contribution in [0.3, 0.4) is 0 Å². The summed E-state index contributed by atoms with van der Waals surface area (Å²) in [6.45, 7) is 10.1. The number of amides is 1. The molecule has 18 heavy (non-hydrogen) atoms.